The number of rotatable bonds is 6. The van der Waals surface area contributed by atoms with E-state index < -0.39 is 27.5 Å². The highest BCUT2D eigenvalue weighted by Crippen LogP contribution is 2.29. The van der Waals surface area contributed by atoms with Crippen LogP contribution in [0.25, 0.3) is 5.82 Å². The van der Waals surface area contributed by atoms with E-state index in [9.17, 15) is 26.4 Å². The Kier molecular flexibility index (Phi) is 7.12. The fraction of sp³-hybridized carbons (Fsp3) is 0.500. The molecule has 14 heteroatoms. The van der Waals surface area contributed by atoms with Gasteiger partial charge in [0.15, 0.2) is 5.82 Å². The van der Waals surface area contributed by atoms with Crippen molar-refractivity contribution in [3.05, 3.63) is 45.5 Å². The Morgan fingerprint density at radius 3 is 2.22 bits per heavy atom. The largest absolute Gasteiger partial charge is 0.417 e. The molecule has 3 heterocycles. The first-order valence-corrected chi connectivity index (χ1v) is 11.6. The van der Waals surface area contributed by atoms with E-state index in [2.05, 4.69) is 10.1 Å². The first-order valence-electron chi connectivity index (χ1n) is 9.82. The molecule has 0 unspecified atom stereocenters. The highest BCUT2D eigenvalue weighted by molar-refractivity contribution is 7.86. The highest BCUT2D eigenvalue weighted by Gasteiger charge is 2.32. The predicted molar refractivity (Wildman–Crippen MR) is 113 cm³/mol. The summed E-state index contributed by atoms with van der Waals surface area (Å²) in [5.74, 6) is -0.105. The molecule has 1 aliphatic rings. The molecule has 3 rings (SSSR count). The van der Waals surface area contributed by atoms with Crippen LogP contribution in [0.2, 0.25) is 5.02 Å². The normalized spacial score (nSPS) is 16.0. The maximum atomic E-state index is 12.7. The lowest BCUT2D eigenvalue weighted by atomic mass is 10.3. The van der Waals surface area contributed by atoms with Crippen molar-refractivity contribution >= 4 is 27.5 Å². The zero-order valence-corrected chi connectivity index (χ0v) is 19.0. The van der Waals surface area contributed by atoms with Crippen LogP contribution in [0, 0.1) is 0 Å². The molecule has 0 aromatic carbocycles. The average Bonchev–Trinajstić information content (AvgIpc) is 2.76. The molecule has 1 aliphatic heterocycles. The Morgan fingerprint density at radius 2 is 1.72 bits per heavy atom. The molecule has 2 aromatic heterocycles. The van der Waals surface area contributed by atoms with Gasteiger partial charge in [-0.2, -0.15) is 40.0 Å². The first-order chi connectivity index (χ1) is 15.0. The van der Waals surface area contributed by atoms with Crippen LogP contribution in [0.5, 0.6) is 0 Å². The summed E-state index contributed by atoms with van der Waals surface area (Å²) in [6.45, 7) is 5.27. The van der Waals surface area contributed by atoms with Gasteiger partial charge >= 0.3 is 6.18 Å². The molecule has 0 radical (unpaired) electrons. The van der Waals surface area contributed by atoms with E-state index in [4.69, 9.17) is 11.6 Å². The van der Waals surface area contributed by atoms with Gasteiger partial charge < -0.3 is 4.90 Å². The van der Waals surface area contributed by atoms with Crippen molar-refractivity contribution in [2.75, 3.05) is 44.2 Å². The van der Waals surface area contributed by atoms with Gasteiger partial charge in [0.05, 0.1) is 17.4 Å². The molecular formula is C18H22ClF3N6O3S. The smallest absolute Gasteiger partial charge is 0.366 e. The standard InChI is InChI=1S/C18H22ClF3N6O3S/c1-3-26(4-2)32(30,31)27-9-7-25(8-10-27)14-12-24-28(17(29)16(14)19)15-6-5-13(11-23-15)18(20,21)22/h5-6,11-12H,3-4,7-10H2,1-2H3. The van der Waals surface area contributed by atoms with Crippen molar-refractivity contribution in [1.29, 1.82) is 0 Å². The van der Waals surface area contributed by atoms with Crippen LogP contribution in [0.4, 0.5) is 18.9 Å². The van der Waals surface area contributed by atoms with E-state index >= 15 is 0 Å². The van der Waals surface area contributed by atoms with Crippen LogP contribution >= 0.6 is 11.6 Å². The van der Waals surface area contributed by atoms with Crippen LogP contribution in [0.3, 0.4) is 0 Å². The quantitative estimate of drug-likeness (QED) is 0.610. The molecular weight excluding hydrogens is 473 g/mol. The molecule has 1 fully saturated rings. The van der Waals surface area contributed by atoms with Crippen LogP contribution < -0.4 is 10.5 Å². The van der Waals surface area contributed by atoms with Crippen molar-refractivity contribution in [3.8, 4) is 5.82 Å². The van der Waals surface area contributed by atoms with Crippen LogP contribution in [0.1, 0.15) is 19.4 Å². The van der Waals surface area contributed by atoms with Crippen LogP contribution in [-0.4, -0.2) is 71.1 Å². The zero-order chi connectivity index (χ0) is 23.7. The highest BCUT2D eigenvalue weighted by atomic mass is 35.5. The van der Waals surface area contributed by atoms with Crippen molar-refractivity contribution in [1.82, 2.24) is 23.4 Å². The summed E-state index contributed by atoms with van der Waals surface area (Å²) in [6, 6.07) is 1.83. The predicted octanol–water partition coefficient (Wildman–Crippen LogP) is 2.01. The molecule has 0 aliphatic carbocycles. The second-order valence-electron chi connectivity index (χ2n) is 6.94. The van der Waals surface area contributed by atoms with E-state index in [-0.39, 0.29) is 23.9 Å². The van der Waals surface area contributed by atoms with Gasteiger partial charge in [0.1, 0.15) is 5.02 Å². The fourth-order valence-corrected chi connectivity index (χ4v) is 5.21. The third-order valence-corrected chi connectivity index (χ3v) is 7.67. The molecule has 0 bridgehead atoms. The molecule has 0 spiro atoms. The fourth-order valence-electron chi connectivity index (χ4n) is 3.36. The minimum Gasteiger partial charge on any atom is -0.366 e. The van der Waals surface area contributed by atoms with E-state index in [0.29, 0.717) is 38.1 Å². The average molecular weight is 495 g/mol. The van der Waals surface area contributed by atoms with Crippen molar-refractivity contribution in [2.24, 2.45) is 0 Å². The maximum Gasteiger partial charge on any atom is 0.417 e. The molecule has 176 valence electrons. The van der Waals surface area contributed by atoms with Gasteiger partial charge in [-0.1, -0.05) is 25.4 Å². The Morgan fingerprint density at radius 1 is 1.09 bits per heavy atom. The number of hydrogen-bond acceptors (Lipinski definition) is 6. The van der Waals surface area contributed by atoms with Crippen molar-refractivity contribution < 1.29 is 21.6 Å². The van der Waals surface area contributed by atoms with Crippen LogP contribution in [-0.2, 0) is 16.4 Å². The maximum absolute atomic E-state index is 12.7. The summed E-state index contributed by atoms with van der Waals surface area (Å²) in [4.78, 5) is 18.1. The number of pyridine rings is 1. The summed E-state index contributed by atoms with van der Waals surface area (Å²) in [6.07, 6.45) is -2.62. The Balaban J connectivity index is 1.79. The van der Waals surface area contributed by atoms with Gasteiger partial charge in [0.2, 0.25) is 0 Å². The van der Waals surface area contributed by atoms with Gasteiger partial charge in [-0.05, 0) is 12.1 Å². The molecule has 32 heavy (non-hydrogen) atoms. The molecule has 0 N–H and O–H groups in total. The van der Waals surface area contributed by atoms with Gasteiger partial charge in [-0.25, -0.2) is 4.98 Å². The van der Waals surface area contributed by atoms with Crippen molar-refractivity contribution in [3.63, 3.8) is 0 Å². The molecule has 0 atom stereocenters. The molecule has 9 nitrogen and oxygen atoms in total. The topological polar surface area (TPSA) is 91.6 Å². The lowest BCUT2D eigenvalue weighted by Crippen LogP contribution is -2.53. The zero-order valence-electron chi connectivity index (χ0n) is 17.4. The summed E-state index contributed by atoms with van der Waals surface area (Å²) in [5, 5.41) is 3.81. The van der Waals surface area contributed by atoms with E-state index in [1.54, 1.807) is 18.7 Å². The monoisotopic (exact) mass is 494 g/mol. The molecule has 0 saturated carbocycles. The third-order valence-electron chi connectivity index (χ3n) is 5.13. The second kappa shape index (κ2) is 9.33. The van der Waals surface area contributed by atoms with Crippen LogP contribution in [0.15, 0.2) is 29.3 Å². The first kappa shape index (κ1) is 24.4. The number of anilines is 1. The van der Waals surface area contributed by atoms with E-state index in [1.807, 2.05) is 0 Å². The molecule has 2 aromatic rings. The van der Waals surface area contributed by atoms with Gasteiger partial charge in [0, 0.05) is 45.5 Å². The number of piperazine rings is 1. The number of halogens is 4. The second-order valence-corrected chi connectivity index (χ2v) is 9.25. The third kappa shape index (κ3) is 4.75. The Hall–Kier alpha value is -2.22. The number of aromatic nitrogens is 3. The Bertz CT molecular complexity index is 1110. The summed E-state index contributed by atoms with van der Waals surface area (Å²) in [7, 11) is -3.57. The van der Waals surface area contributed by atoms with Gasteiger partial charge in [-0.3, -0.25) is 4.79 Å². The number of nitrogens with zero attached hydrogens (tertiary/aromatic N) is 6. The summed E-state index contributed by atoms with van der Waals surface area (Å²) < 4.78 is 67.0. The lowest BCUT2D eigenvalue weighted by molar-refractivity contribution is -0.137. The lowest BCUT2D eigenvalue weighted by Gasteiger charge is -2.37. The molecule has 0 amide bonds. The number of alkyl halides is 3. The van der Waals surface area contributed by atoms with Gasteiger partial charge in [0.25, 0.3) is 15.8 Å². The van der Waals surface area contributed by atoms with E-state index in [0.717, 1.165) is 16.8 Å². The Labute approximate surface area is 188 Å². The minimum absolute atomic E-state index is 0.105. The number of hydrogen-bond donors (Lipinski definition) is 0. The van der Waals surface area contributed by atoms with Crippen molar-refractivity contribution in [2.45, 2.75) is 20.0 Å². The van der Waals surface area contributed by atoms with E-state index in [1.165, 1.54) is 14.8 Å². The SMILES string of the molecule is CCN(CC)S(=O)(=O)N1CCN(c2cnn(-c3ccc(C(F)(F)F)cn3)c(=O)c2Cl)CC1. The summed E-state index contributed by atoms with van der Waals surface area (Å²) >= 11 is 6.24. The van der Waals surface area contributed by atoms with Gasteiger partial charge in [-0.15, -0.1) is 0 Å². The summed E-state index contributed by atoms with van der Waals surface area (Å²) in [5.41, 5.74) is -1.37. The molecule has 1 saturated heterocycles. The minimum atomic E-state index is -4.55.